The Kier molecular flexibility index (Phi) is 9.77. The summed E-state index contributed by atoms with van der Waals surface area (Å²) in [6, 6.07) is 9.39. The number of nitriles is 1. The predicted molar refractivity (Wildman–Crippen MR) is 200 cm³/mol. The molecule has 7 rings (SSSR count). The molecule has 0 aliphatic carbocycles. The van der Waals surface area contributed by atoms with E-state index < -0.39 is 11.7 Å². The van der Waals surface area contributed by atoms with Crippen LogP contribution in [0.25, 0.3) is 21.2 Å². The maximum absolute atomic E-state index is 14.1. The molecule has 1 aromatic carbocycles. The Balaban J connectivity index is 1.10. The normalized spacial score (nSPS) is 18.2. The minimum absolute atomic E-state index is 0.189. The minimum Gasteiger partial charge on any atom is -0.488 e. The first kappa shape index (κ1) is 35.8. The fraction of sp³-hybridized carbons (Fsp3) is 0.459. The van der Waals surface area contributed by atoms with E-state index in [1.807, 2.05) is 39.0 Å². The van der Waals surface area contributed by atoms with Crippen LogP contribution in [0.15, 0.2) is 36.7 Å². The molecule has 2 saturated heterocycles. The van der Waals surface area contributed by atoms with Crippen molar-refractivity contribution < 1.29 is 28.6 Å². The van der Waals surface area contributed by atoms with E-state index in [-0.39, 0.29) is 24.1 Å². The third-order valence-electron chi connectivity index (χ3n) is 9.70. The third kappa shape index (κ3) is 7.39. The number of nitrogens with zero attached hydrogens (tertiary/aromatic N) is 7. The zero-order valence-corrected chi connectivity index (χ0v) is 31.1. The molecule has 278 valence electrons. The zero-order valence-electron chi connectivity index (χ0n) is 30.3. The Morgan fingerprint density at radius 2 is 1.87 bits per heavy atom. The lowest BCUT2D eigenvalue weighted by molar-refractivity contribution is 0.0127. The SMILES string of the molecule is COC(=O)N1CC=C(c2cc(N3CCC[C@@H](NC(=O)c4sc5ccc(C#N)cc5c4OC4CCN(C(=O)OC(C)(C)C)CC4)C3)c3c(N)ncnn23)C1. The fourth-order valence-corrected chi connectivity index (χ4v) is 8.17. The van der Waals surface area contributed by atoms with Crippen molar-refractivity contribution in [1.29, 1.82) is 5.26 Å². The van der Waals surface area contributed by atoms with Crippen LogP contribution in [0.1, 0.15) is 67.4 Å². The van der Waals surface area contributed by atoms with Gasteiger partial charge in [0.25, 0.3) is 5.91 Å². The summed E-state index contributed by atoms with van der Waals surface area (Å²) in [5, 5.41) is 18.2. The summed E-state index contributed by atoms with van der Waals surface area (Å²) in [6.45, 7) is 8.53. The highest BCUT2D eigenvalue weighted by atomic mass is 32.1. The quantitative estimate of drug-likeness (QED) is 0.270. The molecule has 4 aromatic rings. The number of benzene rings is 1. The number of rotatable bonds is 6. The topological polar surface area (TPSA) is 181 Å². The van der Waals surface area contributed by atoms with Gasteiger partial charge in [-0.15, -0.1) is 11.3 Å². The second kappa shape index (κ2) is 14.5. The largest absolute Gasteiger partial charge is 0.488 e. The van der Waals surface area contributed by atoms with Gasteiger partial charge in [0.15, 0.2) is 11.6 Å². The molecule has 6 heterocycles. The minimum atomic E-state index is -0.584. The summed E-state index contributed by atoms with van der Waals surface area (Å²) < 4.78 is 19.7. The van der Waals surface area contributed by atoms with Crippen molar-refractivity contribution in [2.45, 2.75) is 64.2 Å². The number of hydrogen-bond donors (Lipinski definition) is 2. The number of nitrogen functional groups attached to an aromatic ring is 1. The Morgan fingerprint density at radius 1 is 1.08 bits per heavy atom. The lowest BCUT2D eigenvalue weighted by Gasteiger charge is -2.34. The number of carbonyl (C=O) groups is 3. The highest BCUT2D eigenvalue weighted by Gasteiger charge is 2.32. The second-order valence-corrected chi connectivity index (χ2v) is 15.6. The molecule has 1 atom stereocenters. The summed E-state index contributed by atoms with van der Waals surface area (Å²) in [5.74, 6) is 0.542. The number of likely N-dealkylation sites (tertiary alicyclic amines) is 1. The number of carbonyl (C=O) groups excluding carboxylic acids is 3. The molecule has 0 radical (unpaired) electrons. The van der Waals surface area contributed by atoms with Gasteiger partial charge < -0.3 is 40.0 Å². The molecule has 2 fully saturated rings. The molecule has 16 heteroatoms. The number of fused-ring (bicyclic) bond motifs is 2. The molecule has 53 heavy (non-hydrogen) atoms. The van der Waals surface area contributed by atoms with E-state index in [4.69, 9.17) is 19.9 Å². The van der Waals surface area contributed by atoms with E-state index in [1.165, 1.54) is 24.8 Å². The van der Waals surface area contributed by atoms with E-state index in [9.17, 15) is 19.6 Å². The van der Waals surface area contributed by atoms with Gasteiger partial charge in [-0.25, -0.2) is 19.1 Å². The molecule has 0 bridgehead atoms. The van der Waals surface area contributed by atoms with Gasteiger partial charge >= 0.3 is 12.2 Å². The molecule has 3 aliphatic heterocycles. The molecule has 3 aromatic heterocycles. The highest BCUT2D eigenvalue weighted by Crippen LogP contribution is 2.40. The van der Waals surface area contributed by atoms with Gasteiger partial charge in [0, 0.05) is 61.7 Å². The number of amides is 3. The number of aromatic nitrogens is 3. The van der Waals surface area contributed by atoms with Gasteiger partial charge in [-0.2, -0.15) is 10.4 Å². The van der Waals surface area contributed by atoms with E-state index in [2.05, 4.69) is 26.4 Å². The molecule has 0 unspecified atom stereocenters. The first-order chi connectivity index (χ1) is 25.4. The molecule has 0 saturated carbocycles. The number of methoxy groups -OCH3 is 1. The van der Waals surface area contributed by atoms with Gasteiger partial charge in [0.05, 0.1) is 36.7 Å². The molecular formula is C37H43N9O6S. The Hall–Kier alpha value is -5.56. The van der Waals surface area contributed by atoms with Gasteiger partial charge in [-0.1, -0.05) is 6.08 Å². The van der Waals surface area contributed by atoms with Crippen LogP contribution < -0.4 is 20.7 Å². The van der Waals surface area contributed by atoms with Gasteiger partial charge in [-0.05, 0) is 63.5 Å². The fourth-order valence-electron chi connectivity index (χ4n) is 7.15. The Bertz CT molecular complexity index is 2140. The smallest absolute Gasteiger partial charge is 0.410 e. The lowest BCUT2D eigenvalue weighted by atomic mass is 10.0. The van der Waals surface area contributed by atoms with Crippen molar-refractivity contribution in [3.8, 4) is 11.8 Å². The first-order valence-electron chi connectivity index (χ1n) is 17.7. The van der Waals surface area contributed by atoms with Crippen LogP contribution in [0.2, 0.25) is 0 Å². The van der Waals surface area contributed by atoms with Crippen LogP contribution in [0.5, 0.6) is 5.75 Å². The molecule has 15 nitrogen and oxygen atoms in total. The molecular weight excluding hydrogens is 699 g/mol. The summed E-state index contributed by atoms with van der Waals surface area (Å²) in [5.41, 5.74) is 9.56. The number of thiophene rings is 1. The maximum atomic E-state index is 14.1. The van der Waals surface area contributed by atoms with Crippen molar-refractivity contribution in [3.63, 3.8) is 0 Å². The van der Waals surface area contributed by atoms with Crippen molar-refractivity contribution in [2.24, 2.45) is 0 Å². The highest BCUT2D eigenvalue weighted by molar-refractivity contribution is 7.21. The Morgan fingerprint density at radius 3 is 2.60 bits per heavy atom. The van der Waals surface area contributed by atoms with Crippen LogP contribution in [-0.2, 0) is 9.47 Å². The summed E-state index contributed by atoms with van der Waals surface area (Å²) in [6.07, 6.45) is 5.16. The number of anilines is 2. The van der Waals surface area contributed by atoms with Gasteiger partial charge in [-0.3, -0.25) is 4.79 Å². The average molecular weight is 742 g/mol. The first-order valence-corrected chi connectivity index (χ1v) is 18.6. The zero-order chi connectivity index (χ0) is 37.4. The van der Waals surface area contributed by atoms with Crippen LogP contribution >= 0.6 is 11.3 Å². The second-order valence-electron chi connectivity index (χ2n) is 14.5. The third-order valence-corrected chi connectivity index (χ3v) is 10.8. The molecule has 3 N–H and O–H groups in total. The number of piperidine rings is 2. The van der Waals surface area contributed by atoms with Gasteiger partial charge in [0.1, 0.15) is 28.4 Å². The van der Waals surface area contributed by atoms with Crippen LogP contribution in [0.4, 0.5) is 21.1 Å². The summed E-state index contributed by atoms with van der Waals surface area (Å²) >= 11 is 1.34. The van der Waals surface area contributed by atoms with E-state index in [0.717, 1.165) is 41.0 Å². The number of hydrogen-bond acceptors (Lipinski definition) is 12. The van der Waals surface area contributed by atoms with Crippen LogP contribution in [0.3, 0.4) is 0 Å². The molecule has 0 spiro atoms. The molecule has 3 amide bonds. The Labute approximate surface area is 310 Å². The van der Waals surface area contributed by atoms with Gasteiger partial charge in [0.2, 0.25) is 0 Å². The van der Waals surface area contributed by atoms with Crippen molar-refractivity contribution >= 4 is 62.1 Å². The van der Waals surface area contributed by atoms with E-state index in [1.54, 1.807) is 26.4 Å². The van der Waals surface area contributed by atoms with Crippen molar-refractivity contribution in [3.05, 3.63) is 52.8 Å². The maximum Gasteiger partial charge on any atom is 0.410 e. The van der Waals surface area contributed by atoms with Crippen molar-refractivity contribution in [1.82, 2.24) is 29.7 Å². The van der Waals surface area contributed by atoms with Crippen molar-refractivity contribution in [2.75, 3.05) is 57.0 Å². The average Bonchev–Trinajstić information content (AvgIpc) is 3.87. The summed E-state index contributed by atoms with van der Waals surface area (Å²) in [4.78, 5) is 49.2. The molecule has 3 aliphatic rings. The monoisotopic (exact) mass is 741 g/mol. The van der Waals surface area contributed by atoms with E-state index in [0.29, 0.717) is 78.5 Å². The number of ether oxygens (including phenoxy) is 3. The van der Waals surface area contributed by atoms with E-state index >= 15 is 0 Å². The lowest BCUT2D eigenvalue weighted by Crippen LogP contribution is -2.47. The van der Waals surface area contributed by atoms with Crippen LogP contribution in [0, 0.1) is 11.3 Å². The number of nitrogens with one attached hydrogen (secondary N) is 1. The predicted octanol–water partition coefficient (Wildman–Crippen LogP) is 5.04. The number of nitrogens with two attached hydrogens (primary N) is 1. The standard InChI is InChI=1S/C37H43N9O6S/c1-37(2,3)52-36(49)43-14-10-25(11-15-43)51-31-26-16-22(18-38)7-8-29(26)53-32(31)34(47)42-24-6-5-12-44(20-24)28-17-27(46-30(28)33(39)40-21-41-46)23-9-13-45(19-23)35(48)50-4/h7-9,16-17,21,24-25H,5-6,10-15,19-20H2,1-4H3,(H,42,47)(H2,39,40,41)/t24-/m1/s1. The van der Waals surface area contributed by atoms with Crippen LogP contribution in [-0.4, -0.2) is 107 Å². The summed E-state index contributed by atoms with van der Waals surface area (Å²) in [7, 11) is 1.36.